The number of sulfonamides is 1. The molecule has 7 heteroatoms. The van der Waals surface area contributed by atoms with Crippen molar-refractivity contribution in [3.05, 3.63) is 49.7 Å². The molecule has 1 aromatic carbocycles. The molecule has 1 heterocycles. The van der Waals surface area contributed by atoms with Gasteiger partial charge in [-0.3, -0.25) is 4.79 Å². The molecule has 1 aliphatic carbocycles. The van der Waals surface area contributed by atoms with Crippen molar-refractivity contribution < 1.29 is 17.9 Å². The number of carbonyl (C=O) groups excluding carboxylic acids is 1. The molecular formula is C27H39NO4S2. The van der Waals surface area contributed by atoms with E-state index in [1.165, 1.54) is 16.0 Å². The molecule has 5 nitrogen and oxygen atoms in total. The van der Waals surface area contributed by atoms with E-state index in [1.54, 1.807) is 11.3 Å². The van der Waals surface area contributed by atoms with Gasteiger partial charge in [0.25, 0.3) is 0 Å². The monoisotopic (exact) mass is 505 g/mol. The van der Waals surface area contributed by atoms with Gasteiger partial charge in [-0.25, -0.2) is 13.1 Å². The highest BCUT2D eigenvalue weighted by Gasteiger charge is 2.31. The van der Waals surface area contributed by atoms with Crippen LogP contribution in [0.3, 0.4) is 0 Å². The molecule has 0 saturated heterocycles. The summed E-state index contributed by atoms with van der Waals surface area (Å²) in [6, 6.07) is 4.22. The first-order valence-corrected chi connectivity index (χ1v) is 15.0. The van der Waals surface area contributed by atoms with E-state index in [2.05, 4.69) is 44.5 Å². The normalized spacial score (nSPS) is 15.2. The zero-order valence-corrected chi connectivity index (χ0v) is 23.1. The predicted octanol–water partition coefficient (Wildman–Crippen LogP) is 5.44. The van der Waals surface area contributed by atoms with E-state index in [0.717, 1.165) is 65.7 Å². The first-order chi connectivity index (χ1) is 15.9. The summed E-state index contributed by atoms with van der Waals surface area (Å²) >= 11 is 1.73. The van der Waals surface area contributed by atoms with Crippen LogP contribution in [0.2, 0.25) is 0 Å². The van der Waals surface area contributed by atoms with Gasteiger partial charge < -0.3 is 4.74 Å². The maximum absolute atomic E-state index is 13.3. The average molecular weight is 506 g/mol. The molecule has 1 aromatic heterocycles. The number of thiophene rings is 1. The third-order valence-corrected chi connectivity index (χ3v) is 8.82. The topological polar surface area (TPSA) is 72.5 Å². The standard InChI is InChI=1S/C27H39NO4S2/c1-7-20-16-19(15-18(3)25(20)32-14-13-28-34(6,30)31)9-10-23(29)26-21-11-12-27(4,5)17-22(21)24(8-2)33-26/h15-16,28H,7-14,17H2,1-6H3. The van der Waals surface area contributed by atoms with E-state index >= 15 is 0 Å². The third-order valence-electron chi connectivity index (χ3n) is 6.63. The zero-order chi connectivity index (χ0) is 25.1. The number of Topliss-reactive ketones (excluding diaryl/α,β-unsaturated/α-hetero) is 1. The lowest BCUT2D eigenvalue weighted by molar-refractivity contribution is 0.0985. The Morgan fingerprint density at radius 2 is 1.91 bits per heavy atom. The van der Waals surface area contributed by atoms with E-state index in [9.17, 15) is 13.2 Å². The highest BCUT2D eigenvalue weighted by molar-refractivity contribution is 7.88. The molecule has 0 spiro atoms. The lowest BCUT2D eigenvalue weighted by Gasteiger charge is -2.30. The zero-order valence-electron chi connectivity index (χ0n) is 21.5. The van der Waals surface area contributed by atoms with Gasteiger partial charge >= 0.3 is 0 Å². The number of carbonyl (C=O) groups is 1. The Morgan fingerprint density at radius 1 is 1.18 bits per heavy atom. The largest absolute Gasteiger partial charge is 0.492 e. The Hall–Kier alpha value is -1.70. The maximum atomic E-state index is 13.3. The number of hydrogen-bond acceptors (Lipinski definition) is 5. The van der Waals surface area contributed by atoms with Gasteiger partial charge in [-0.05, 0) is 78.7 Å². The molecule has 0 radical (unpaired) electrons. The minimum absolute atomic E-state index is 0.236. The molecule has 0 unspecified atom stereocenters. The van der Waals surface area contributed by atoms with Gasteiger partial charge in [0.05, 0.1) is 11.1 Å². The van der Waals surface area contributed by atoms with Crippen LogP contribution < -0.4 is 9.46 Å². The van der Waals surface area contributed by atoms with Crippen LogP contribution in [0.5, 0.6) is 5.75 Å². The average Bonchev–Trinajstić information content (AvgIpc) is 3.11. The van der Waals surface area contributed by atoms with Crippen molar-refractivity contribution in [3.63, 3.8) is 0 Å². The lowest BCUT2D eigenvalue weighted by atomic mass is 9.74. The number of ether oxygens (including phenoxy) is 1. The second-order valence-electron chi connectivity index (χ2n) is 10.2. The Morgan fingerprint density at radius 3 is 2.56 bits per heavy atom. The van der Waals surface area contributed by atoms with Crippen LogP contribution in [-0.4, -0.2) is 33.6 Å². The third kappa shape index (κ3) is 6.70. The summed E-state index contributed by atoms with van der Waals surface area (Å²) in [6.45, 7) is 11.5. The Balaban J connectivity index is 1.69. The number of rotatable bonds is 11. The Bertz CT molecular complexity index is 1150. The van der Waals surface area contributed by atoms with Gasteiger partial charge in [0.2, 0.25) is 10.0 Å². The summed E-state index contributed by atoms with van der Waals surface area (Å²) in [5.74, 6) is 1.08. The summed E-state index contributed by atoms with van der Waals surface area (Å²) < 4.78 is 30.8. The molecule has 1 N–H and O–H groups in total. The molecule has 0 fully saturated rings. The van der Waals surface area contributed by atoms with Crippen LogP contribution in [0, 0.1) is 12.3 Å². The number of hydrogen-bond donors (Lipinski definition) is 1. The summed E-state index contributed by atoms with van der Waals surface area (Å²) in [5, 5.41) is 0. The van der Waals surface area contributed by atoms with E-state index < -0.39 is 10.0 Å². The fourth-order valence-corrected chi connectivity index (χ4v) is 6.58. The van der Waals surface area contributed by atoms with Crippen LogP contribution in [0.4, 0.5) is 0 Å². The summed E-state index contributed by atoms with van der Waals surface area (Å²) in [5.41, 5.74) is 6.34. The van der Waals surface area contributed by atoms with E-state index in [4.69, 9.17) is 4.74 Å². The van der Waals surface area contributed by atoms with Crippen molar-refractivity contribution >= 4 is 27.1 Å². The molecule has 2 aromatic rings. The molecule has 0 aliphatic heterocycles. The van der Waals surface area contributed by atoms with Gasteiger partial charge in [-0.1, -0.05) is 39.8 Å². The molecule has 0 amide bonds. The first kappa shape index (κ1) is 26.9. The number of nitrogens with one attached hydrogen (secondary N) is 1. The number of aryl methyl sites for hydroxylation is 4. The fourth-order valence-electron chi connectivity index (χ4n) is 4.86. The van der Waals surface area contributed by atoms with Gasteiger partial charge in [0.15, 0.2) is 5.78 Å². The maximum Gasteiger partial charge on any atom is 0.208 e. The molecule has 1 aliphatic rings. The summed E-state index contributed by atoms with van der Waals surface area (Å²) in [7, 11) is -3.22. The van der Waals surface area contributed by atoms with Gasteiger partial charge in [0, 0.05) is 17.8 Å². The number of benzene rings is 1. The van der Waals surface area contributed by atoms with E-state index in [-0.39, 0.29) is 18.9 Å². The molecule has 0 bridgehead atoms. The summed E-state index contributed by atoms with van der Waals surface area (Å²) in [6.07, 6.45) is 7.40. The molecule has 3 rings (SSSR count). The van der Waals surface area contributed by atoms with Crippen LogP contribution >= 0.6 is 11.3 Å². The van der Waals surface area contributed by atoms with E-state index in [1.807, 2.05) is 6.92 Å². The molecule has 34 heavy (non-hydrogen) atoms. The number of ketones is 1. The van der Waals surface area contributed by atoms with Gasteiger partial charge in [-0.2, -0.15) is 0 Å². The highest BCUT2D eigenvalue weighted by Crippen LogP contribution is 2.42. The SMILES string of the molecule is CCc1cc(CCC(=O)c2sc(CC)c3c2CCC(C)(C)C3)cc(C)c1OCCNS(C)(=O)=O. The van der Waals surface area contributed by atoms with Crippen LogP contribution in [0.1, 0.15) is 82.9 Å². The lowest BCUT2D eigenvalue weighted by Crippen LogP contribution is -2.27. The Kier molecular flexibility index (Phi) is 8.64. The minimum atomic E-state index is -3.22. The highest BCUT2D eigenvalue weighted by atomic mass is 32.2. The molecule has 0 saturated carbocycles. The van der Waals surface area contributed by atoms with Crippen LogP contribution in [-0.2, 0) is 42.1 Å². The van der Waals surface area contributed by atoms with Crippen molar-refractivity contribution in [2.45, 2.75) is 79.6 Å². The molecule has 0 atom stereocenters. The smallest absolute Gasteiger partial charge is 0.208 e. The van der Waals surface area contributed by atoms with Gasteiger partial charge in [0.1, 0.15) is 12.4 Å². The minimum Gasteiger partial charge on any atom is -0.492 e. The summed E-state index contributed by atoms with van der Waals surface area (Å²) in [4.78, 5) is 15.7. The van der Waals surface area contributed by atoms with Crippen molar-refractivity contribution in [2.75, 3.05) is 19.4 Å². The second-order valence-corrected chi connectivity index (χ2v) is 13.1. The van der Waals surface area contributed by atoms with Gasteiger partial charge in [-0.15, -0.1) is 11.3 Å². The predicted molar refractivity (Wildman–Crippen MR) is 141 cm³/mol. The van der Waals surface area contributed by atoms with E-state index in [0.29, 0.717) is 18.3 Å². The fraction of sp³-hybridized carbons (Fsp3) is 0.593. The van der Waals surface area contributed by atoms with Crippen LogP contribution in [0.15, 0.2) is 12.1 Å². The van der Waals surface area contributed by atoms with Crippen LogP contribution in [0.25, 0.3) is 0 Å². The van der Waals surface area contributed by atoms with Crippen molar-refractivity contribution in [1.82, 2.24) is 4.72 Å². The molecular weight excluding hydrogens is 466 g/mol. The first-order valence-electron chi connectivity index (χ1n) is 12.3. The number of fused-ring (bicyclic) bond motifs is 1. The van der Waals surface area contributed by atoms with Crippen molar-refractivity contribution in [3.8, 4) is 5.75 Å². The van der Waals surface area contributed by atoms with Crippen molar-refractivity contribution in [1.29, 1.82) is 0 Å². The quantitative estimate of drug-likeness (QED) is 0.326. The molecule has 188 valence electrons. The Labute approximate surface area is 209 Å². The van der Waals surface area contributed by atoms with Crippen molar-refractivity contribution in [2.24, 2.45) is 5.41 Å². The second kappa shape index (κ2) is 10.9.